The molecule has 116 valence electrons. The average Bonchev–Trinajstić information content (AvgIpc) is 3.17. The Bertz CT molecular complexity index is 668. The van der Waals surface area contributed by atoms with Crippen LogP contribution in [0, 0.1) is 0 Å². The summed E-state index contributed by atoms with van der Waals surface area (Å²) in [5.41, 5.74) is 0.675. The maximum atomic E-state index is 12.4. The summed E-state index contributed by atoms with van der Waals surface area (Å²) in [4.78, 5) is 30.4. The van der Waals surface area contributed by atoms with Gasteiger partial charge in [-0.1, -0.05) is 6.07 Å². The fraction of sp³-hybridized carbons (Fsp3) is 0.357. The number of nitrogens with zero attached hydrogens (tertiary/aromatic N) is 2. The Kier molecular flexibility index (Phi) is 4.51. The number of morpholine rings is 1. The first-order valence-corrected chi connectivity index (χ1v) is 8.49. The van der Waals surface area contributed by atoms with Crippen LogP contribution in [0.1, 0.15) is 5.69 Å². The molecule has 6 nitrogen and oxygen atoms in total. The van der Waals surface area contributed by atoms with Crippen molar-refractivity contribution in [2.75, 3.05) is 19.8 Å². The Labute approximate surface area is 135 Å². The van der Waals surface area contributed by atoms with E-state index < -0.39 is 12.0 Å². The van der Waals surface area contributed by atoms with E-state index >= 15 is 0 Å². The zero-order valence-corrected chi connectivity index (χ0v) is 13.2. The summed E-state index contributed by atoms with van der Waals surface area (Å²) >= 11 is 3.09. The highest BCUT2D eigenvalue weighted by Crippen LogP contribution is 2.28. The minimum atomic E-state index is -1.04. The SMILES string of the molecule is O=C(O)C1COCCN1C(=O)Cc1csc(-c2cccs2)n1. The van der Waals surface area contributed by atoms with Gasteiger partial charge in [0.25, 0.3) is 0 Å². The fourth-order valence-electron chi connectivity index (χ4n) is 2.26. The zero-order chi connectivity index (χ0) is 15.5. The van der Waals surface area contributed by atoms with E-state index in [2.05, 4.69) is 4.98 Å². The predicted molar refractivity (Wildman–Crippen MR) is 83.1 cm³/mol. The van der Waals surface area contributed by atoms with E-state index in [-0.39, 0.29) is 18.9 Å². The third kappa shape index (κ3) is 3.18. The first kappa shape index (κ1) is 15.1. The van der Waals surface area contributed by atoms with Crippen LogP contribution < -0.4 is 0 Å². The number of carboxylic acid groups (broad SMARTS) is 1. The summed E-state index contributed by atoms with van der Waals surface area (Å²) < 4.78 is 5.14. The second-order valence-electron chi connectivity index (χ2n) is 4.81. The van der Waals surface area contributed by atoms with Crippen LogP contribution in [0.5, 0.6) is 0 Å². The number of aromatic nitrogens is 1. The van der Waals surface area contributed by atoms with E-state index in [9.17, 15) is 9.59 Å². The average molecular weight is 338 g/mol. The van der Waals surface area contributed by atoms with Gasteiger partial charge in [-0.15, -0.1) is 22.7 Å². The fourth-order valence-corrected chi connectivity index (χ4v) is 3.90. The van der Waals surface area contributed by atoms with Crippen LogP contribution in [-0.2, 0) is 20.7 Å². The lowest BCUT2D eigenvalue weighted by atomic mass is 10.2. The van der Waals surface area contributed by atoms with Gasteiger partial charge in [0.2, 0.25) is 5.91 Å². The van der Waals surface area contributed by atoms with Crippen LogP contribution in [-0.4, -0.2) is 52.7 Å². The minimum Gasteiger partial charge on any atom is -0.480 e. The molecule has 1 aliphatic heterocycles. The lowest BCUT2D eigenvalue weighted by Crippen LogP contribution is -2.53. The van der Waals surface area contributed by atoms with Gasteiger partial charge in [0.05, 0.1) is 30.2 Å². The number of rotatable bonds is 4. The van der Waals surface area contributed by atoms with Crippen LogP contribution in [0.25, 0.3) is 9.88 Å². The van der Waals surface area contributed by atoms with Crippen molar-refractivity contribution in [1.29, 1.82) is 0 Å². The van der Waals surface area contributed by atoms with Crippen molar-refractivity contribution < 1.29 is 19.4 Å². The van der Waals surface area contributed by atoms with E-state index in [1.165, 1.54) is 16.2 Å². The summed E-state index contributed by atoms with van der Waals surface area (Å²) in [5, 5.41) is 13.9. The Hall–Kier alpha value is -1.77. The van der Waals surface area contributed by atoms with Gasteiger partial charge < -0.3 is 14.7 Å². The number of aliphatic carboxylic acids is 1. The smallest absolute Gasteiger partial charge is 0.328 e. The molecule has 0 saturated carbocycles. The van der Waals surface area contributed by atoms with Crippen molar-refractivity contribution in [1.82, 2.24) is 9.88 Å². The Balaban J connectivity index is 1.70. The third-order valence-electron chi connectivity index (χ3n) is 3.35. The van der Waals surface area contributed by atoms with Crippen molar-refractivity contribution in [3.05, 3.63) is 28.6 Å². The number of carbonyl (C=O) groups is 2. The quantitative estimate of drug-likeness (QED) is 0.918. The molecule has 1 aliphatic rings. The van der Waals surface area contributed by atoms with Gasteiger partial charge in [-0.3, -0.25) is 4.79 Å². The molecule has 3 heterocycles. The number of hydrogen-bond donors (Lipinski definition) is 1. The lowest BCUT2D eigenvalue weighted by molar-refractivity contribution is -0.158. The standard InChI is InChI=1S/C14H14N2O4S2/c17-12(16-3-4-20-7-10(16)14(18)19)6-9-8-22-13(15-9)11-2-1-5-21-11/h1-2,5,8,10H,3-4,6-7H2,(H,18,19). The molecule has 1 fully saturated rings. The number of ether oxygens (including phenoxy) is 1. The number of thiophene rings is 1. The highest BCUT2D eigenvalue weighted by Gasteiger charge is 2.32. The summed E-state index contributed by atoms with van der Waals surface area (Å²) in [5.74, 6) is -1.26. The number of hydrogen-bond acceptors (Lipinski definition) is 6. The predicted octanol–water partition coefficient (Wildman–Crippen LogP) is 1.73. The van der Waals surface area contributed by atoms with Crippen LogP contribution in [0.15, 0.2) is 22.9 Å². The minimum absolute atomic E-state index is 0.0403. The summed E-state index contributed by atoms with van der Waals surface area (Å²) in [7, 11) is 0. The van der Waals surface area contributed by atoms with E-state index in [0.29, 0.717) is 18.8 Å². The molecule has 1 amide bonds. The monoisotopic (exact) mass is 338 g/mol. The molecule has 1 saturated heterocycles. The summed E-state index contributed by atoms with van der Waals surface area (Å²) in [6.07, 6.45) is 0.117. The molecule has 0 bridgehead atoms. The summed E-state index contributed by atoms with van der Waals surface area (Å²) in [6, 6.07) is 3.03. The maximum Gasteiger partial charge on any atom is 0.328 e. The van der Waals surface area contributed by atoms with Crippen molar-refractivity contribution in [3.8, 4) is 9.88 Å². The van der Waals surface area contributed by atoms with E-state index in [1.807, 2.05) is 22.9 Å². The van der Waals surface area contributed by atoms with Crippen LogP contribution in [0.3, 0.4) is 0 Å². The van der Waals surface area contributed by atoms with Crippen LogP contribution >= 0.6 is 22.7 Å². The largest absolute Gasteiger partial charge is 0.480 e. The maximum absolute atomic E-state index is 12.4. The molecule has 1 atom stereocenters. The molecule has 22 heavy (non-hydrogen) atoms. The second kappa shape index (κ2) is 6.55. The lowest BCUT2D eigenvalue weighted by Gasteiger charge is -2.32. The number of carbonyl (C=O) groups excluding carboxylic acids is 1. The highest BCUT2D eigenvalue weighted by atomic mass is 32.1. The van der Waals surface area contributed by atoms with E-state index in [0.717, 1.165) is 9.88 Å². The molecule has 0 radical (unpaired) electrons. The Morgan fingerprint density at radius 2 is 2.32 bits per heavy atom. The van der Waals surface area contributed by atoms with Crippen molar-refractivity contribution in [2.45, 2.75) is 12.5 Å². The second-order valence-corrected chi connectivity index (χ2v) is 6.62. The molecule has 2 aromatic heterocycles. The van der Waals surface area contributed by atoms with Gasteiger partial charge in [-0.05, 0) is 11.4 Å². The van der Waals surface area contributed by atoms with Gasteiger partial charge in [-0.2, -0.15) is 0 Å². The van der Waals surface area contributed by atoms with E-state index in [1.54, 1.807) is 11.3 Å². The molecular weight excluding hydrogens is 324 g/mol. The number of carboxylic acids is 1. The third-order valence-corrected chi connectivity index (χ3v) is 5.28. The normalized spacial score (nSPS) is 18.4. The summed E-state index contributed by atoms with van der Waals surface area (Å²) in [6.45, 7) is 0.712. The van der Waals surface area contributed by atoms with Gasteiger partial charge in [0, 0.05) is 11.9 Å². The van der Waals surface area contributed by atoms with Crippen LogP contribution in [0.2, 0.25) is 0 Å². The number of amides is 1. The van der Waals surface area contributed by atoms with Gasteiger partial charge in [0.1, 0.15) is 5.01 Å². The highest BCUT2D eigenvalue weighted by molar-refractivity contribution is 7.20. The topological polar surface area (TPSA) is 79.7 Å². The molecule has 3 rings (SSSR count). The first-order valence-electron chi connectivity index (χ1n) is 6.73. The molecule has 8 heteroatoms. The molecule has 0 aliphatic carbocycles. The van der Waals surface area contributed by atoms with E-state index in [4.69, 9.17) is 9.84 Å². The molecule has 0 spiro atoms. The Morgan fingerprint density at radius 3 is 3.05 bits per heavy atom. The molecule has 0 aromatic carbocycles. The molecule has 1 N–H and O–H groups in total. The van der Waals surface area contributed by atoms with Crippen molar-refractivity contribution in [3.63, 3.8) is 0 Å². The first-order chi connectivity index (χ1) is 10.6. The van der Waals surface area contributed by atoms with Gasteiger partial charge in [-0.25, -0.2) is 9.78 Å². The van der Waals surface area contributed by atoms with Crippen LogP contribution in [0.4, 0.5) is 0 Å². The van der Waals surface area contributed by atoms with Crippen molar-refractivity contribution in [2.24, 2.45) is 0 Å². The van der Waals surface area contributed by atoms with Crippen molar-refractivity contribution >= 4 is 34.6 Å². The number of thiazole rings is 1. The Morgan fingerprint density at radius 1 is 1.45 bits per heavy atom. The molecule has 1 unspecified atom stereocenters. The van der Waals surface area contributed by atoms with Gasteiger partial charge >= 0.3 is 5.97 Å². The molecule has 2 aromatic rings. The molecular formula is C14H14N2O4S2. The zero-order valence-electron chi connectivity index (χ0n) is 11.6. The van der Waals surface area contributed by atoms with Gasteiger partial charge in [0.15, 0.2) is 6.04 Å².